The molecule has 100 valence electrons. The molecule has 0 saturated carbocycles. The zero-order valence-electron chi connectivity index (χ0n) is 11.3. The molecule has 1 atom stereocenters. The number of ketones is 1. The van der Waals surface area contributed by atoms with E-state index in [1.165, 1.54) is 12.1 Å². The quantitative estimate of drug-likeness (QED) is 0.463. The zero-order chi connectivity index (χ0) is 13.8. The predicted octanol–water partition coefficient (Wildman–Crippen LogP) is 2.16. The summed E-state index contributed by atoms with van der Waals surface area (Å²) in [5.74, 6) is -0.460. The Hall–Kier alpha value is -1.55. The number of carbonyl (C=O) groups is 1. The molecule has 0 aliphatic rings. The van der Waals surface area contributed by atoms with Crippen LogP contribution in [0.15, 0.2) is 18.2 Å². The van der Waals surface area contributed by atoms with Crippen LogP contribution in [0.2, 0.25) is 0 Å². The summed E-state index contributed by atoms with van der Waals surface area (Å²) in [6, 6.07) is 4.21. The lowest BCUT2D eigenvalue weighted by molar-refractivity contribution is -0.899. The minimum Gasteiger partial charge on any atom is -0.504 e. The van der Waals surface area contributed by atoms with Crippen LogP contribution in [-0.4, -0.2) is 47.2 Å². The fourth-order valence-corrected chi connectivity index (χ4v) is 2.02. The molecule has 1 aromatic carbocycles. The minimum atomic E-state index is -0.248. The average molecular weight is 252 g/mol. The van der Waals surface area contributed by atoms with Crippen molar-refractivity contribution in [1.82, 2.24) is 0 Å². The lowest BCUT2D eigenvalue weighted by Gasteiger charge is -2.32. The summed E-state index contributed by atoms with van der Waals surface area (Å²) in [5.41, 5.74) is 0.444. The smallest absolute Gasteiger partial charge is 0.217 e. The van der Waals surface area contributed by atoms with Crippen LogP contribution in [0.25, 0.3) is 0 Å². The molecule has 4 heteroatoms. The molecule has 2 N–H and O–H groups in total. The molecule has 0 spiro atoms. The van der Waals surface area contributed by atoms with Gasteiger partial charge in [0, 0.05) is 5.56 Å². The molecule has 0 aliphatic heterocycles. The van der Waals surface area contributed by atoms with E-state index in [0.717, 1.165) is 19.5 Å². The molecule has 1 rings (SSSR count). The summed E-state index contributed by atoms with van der Waals surface area (Å²) >= 11 is 0. The Morgan fingerprint density at radius 3 is 2.39 bits per heavy atom. The second-order valence-corrected chi connectivity index (χ2v) is 4.94. The van der Waals surface area contributed by atoms with E-state index < -0.39 is 0 Å². The van der Waals surface area contributed by atoms with Crippen LogP contribution in [0.3, 0.4) is 0 Å². The number of carbonyl (C=O) groups excluding carboxylic acids is 1. The van der Waals surface area contributed by atoms with Crippen molar-refractivity contribution in [2.75, 3.05) is 26.7 Å². The third kappa shape index (κ3) is 3.47. The van der Waals surface area contributed by atoms with Gasteiger partial charge in [-0.3, -0.25) is 4.79 Å². The Morgan fingerprint density at radius 2 is 1.89 bits per heavy atom. The first-order valence-corrected chi connectivity index (χ1v) is 6.30. The van der Waals surface area contributed by atoms with E-state index in [0.29, 0.717) is 16.6 Å². The molecule has 0 fully saturated rings. The van der Waals surface area contributed by atoms with Gasteiger partial charge in [0.05, 0.1) is 20.1 Å². The van der Waals surface area contributed by atoms with Crippen molar-refractivity contribution in [3.63, 3.8) is 0 Å². The molecule has 0 aromatic heterocycles. The first kappa shape index (κ1) is 14.5. The van der Waals surface area contributed by atoms with E-state index in [4.69, 9.17) is 0 Å². The largest absolute Gasteiger partial charge is 0.504 e. The number of Topliss-reactive ketones (excluding diaryl/α,β-unsaturated/α-hetero) is 1. The van der Waals surface area contributed by atoms with Crippen LogP contribution < -0.4 is 0 Å². The predicted molar refractivity (Wildman–Crippen MR) is 70.9 cm³/mol. The van der Waals surface area contributed by atoms with Gasteiger partial charge in [-0.25, -0.2) is 0 Å². The summed E-state index contributed by atoms with van der Waals surface area (Å²) < 4.78 is 0.691. The summed E-state index contributed by atoms with van der Waals surface area (Å²) in [6.07, 6.45) is 1.03. The van der Waals surface area contributed by atoms with Crippen LogP contribution in [-0.2, 0) is 0 Å². The van der Waals surface area contributed by atoms with Crippen LogP contribution in [0, 0.1) is 0 Å². The second kappa shape index (κ2) is 5.87. The molecule has 0 aliphatic carbocycles. The van der Waals surface area contributed by atoms with Gasteiger partial charge in [0.15, 0.2) is 11.5 Å². The molecule has 1 unspecified atom stereocenters. The van der Waals surface area contributed by atoms with Gasteiger partial charge in [0.1, 0.15) is 6.54 Å². The number of likely N-dealkylation sites (N-methyl/N-ethyl adjacent to an activating group) is 1. The highest BCUT2D eigenvalue weighted by Crippen LogP contribution is 2.25. The molecule has 18 heavy (non-hydrogen) atoms. The Bertz CT molecular complexity index is 431. The Labute approximate surface area is 108 Å². The normalized spacial score (nSPS) is 14.2. The van der Waals surface area contributed by atoms with Gasteiger partial charge in [-0.05, 0) is 31.5 Å². The fraction of sp³-hybridized carbons (Fsp3) is 0.500. The van der Waals surface area contributed by atoms with Crippen LogP contribution in [0.4, 0.5) is 0 Å². The summed E-state index contributed by atoms with van der Waals surface area (Å²) in [5, 5.41) is 18.6. The van der Waals surface area contributed by atoms with Crippen molar-refractivity contribution >= 4 is 5.78 Å². The number of phenols is 2. The van der Waals surface area contributed by atoms with Gasteiger partial charge in [-0.15, -0.1) is 0 Å². The average Bonchev–Trinajstić information content (AvgIpc) is 2.32. The highest BCUT2D eigenvalue weighted by molar-refractivity contribution is 5.97. The number of benzene rings is 1. The Kier molecular flexibility index (Phi) is 4.73. The minimum absolute atomic E-state index is 0.0110. The first-order valence-electron chi connectivity index (χ1n) is 6.30. The first-order chi connectivity index (χ1) is 8.41. The number of quaternary nitrogens is 1. The van der Waals surface area contributed by atoms with Gasteiger partial charge in [0.25, 0.3) is 0 Å². The lowest BCUT2D eigenvalue weighted by Crippen LogP contribution is -2.47. The molecule has 0 heterocycles. The van der Waals surface area contributed by atoms with Crippen molar-refractivity contribution < 1.29 is 19.5 Å². The summed E-state index contributed by atoms with van der Waals surface area (Å²) in [4.78, 5) is 12.1. The topological polar surface area (TPSA) is 57.5 Å². The number of aromatic hydroxyl groups is 2. The molecule has 0 radical (unpaired) electrons. The van der Waals surface area contributed by atoms with E-state index in [2.05, 4.69) is 20.9 Å². The number of nitrogens with zero attached hydrogens (tertiary/aromatic N) is 1. The van der Waals surface area contributed by atoms with Crippen molar-refractivity contribution in [3.8, 4) is 11.5 Å². The van der Waals surface area contributed by atoms with E-state index in [1.807, 2.05) is 0 Å². The third-order valence-electron chi connectivity index (χ3n) is 3.35. The van der Waals surface area contributed by atoms with Crippen LogP contribution in [0.5, 0.6) is 11.5 Å². The van der Waals surface area contributed by atoms with Gasteiger partial charge in [-0.1, -0.05) is 6.92 Å². The van der Waals surface area contributed by atoms with Crippen LogP contribution in [0.1, 0.15) is 30.6 Å². The summed E-state index contributed by atoms with van der Waals surface area (Å²) in [6.45, 7) is 6.42. The van der Waals surface area contributed by atoms with E-state index in [1.54, 1.807) is 6.07 Å². The fourth-order valence-electron chi connectivity index (χ4n) is 2.02. The molecule has 0 amide bonds. The number of phenolic OH excluding ortho intramolecular Hbond substituents is 2. The van der Waals surface area contributed by atoms with Gasteiger partial charge < -0.3 is 14.7 Å². The molecular formula is C14H22NO3+. The van der Waals surface area contributed by atoms with Crippen LogP contribution >= 0.6 is 0 Å². The molecule has 0 bridgehead atoms. The zero-order valence-corrected chi connectivity index (χ0v) is 11.3. The number of rotatable bonds is 6. The molecule has 4 nitrogen and oxygen atoms in total. The van der Waals surface area contributed by atoms with Crippen molar-refractivity contribution in [3.05, 3.63) is 23.8 Å². The molecule has 0 saturated heterocycles. The van der Waals surface area contributed by atoms with E-state index >= 15 is 0 Å². The van der Waals surface area contributed by atoms with E-state index in [9.17, 15) is 15.0 Å². The van der Waals surface area contributed by atoms with Gasteiger partial charge in [0.2, 0.25) is 5.78 Å². The van der Waals surface area contributed by atoms with Gasteiger partial charge in [-0.2, -0.15) is 0 Å². The van der Waals surface area contributed by atoms with Gasteiger partial charge >= 0.3 is 0 Å². The standard InChI is InChI=1S/C14H21NO3/c1-4-8-15(3,5-2)10-14(18)11-6-7-12(16)13(17)9-11/h6-7,9H,4-5,8,10H2,1-3H3,(H-,16,17,18)/p+1. The van der Waals surface area contributed by atoms with E-state index in [-0.39, 0.29) is 17.3 Å². The van der Waals surface area contributed by atoms with Crippen molar-refractivity contribution in [2.24, 2.45) is 0 Å². The maximum absolute atomic E-state index is 12.1. The molecular weight excluding hydrogens is 230 g/mol. The van der Waals surface area contributed by atoms with Crippen molar-refractivity contribution in [1.29, 1.82) is 0 Å². The second-order valence-electron chi connectivity index (χ2n) is 4.94. The highest BCUT2D eigenvalue weighted by Gasteiger charge is 2.23. The monoisotopic (exact) mass is 252 g/mol. The lowest BCUT2D eigenvalue weighted by atomic mass is 10.1. The third-order valence-corrected chi connectivity index (χ3v) is 3.35. The highest BCUT2D eigenvalue weighted by atomic mass is 16.3. The number of hydrogen-bond acceptors (Lipinski definition) is 3. The molecule has 1 aromatic rings. The maximum atomic E-state index is 12.1. The maximum Gasteiger partial charge on any atom is 0.217 e. The Balaban J connectivity index is 2.84. The Morgan fingerprint density at radius 1 is 1.22 bits per heavy atom. The SMILES string of the molecule is CCC[N+](C)(CC)CC(=O)c1ccc(O)c(O)c1. The summed E-state index contributed by atoms with van der Waals surface area (Å²) in [7, 11) is 2.06. The van der Waals surface area contributed by atoms with Crippen molar-refractivity contribution in [2.45, 2.75) is 20.3 Å². The number of hydrogen-bond donors (Lipinski definition) is 2.